The highest BCUT2D eigenvalue weighted by Gasteiger charge is 2.53. The highest BCUT2D eigenvalue weighted by Crippen LogP contribution is 2.42. The van der Waals surface area contributed by atoms with Crippen molar-refractivity contribution in [3.8, 4) is 5.75 Å². The predicted octanol–water partition coefficient (Wildman–Crippen LogP) is 3.77. The third-order valence-electron chi connectivity index (χ3n) is 6.43. The van der Waals surface area contributed by atoms with Gasteiger partial charge in [-0.15, -0.1) is 10.2 Å². The minimum absolute atomic E-state index is 0.0912. The summed E-state index contributed by atoms with van der Waals surface area (Å²) in [5.74, 6) is -3.10. The molecule has 0 radical (unpaired) electrons. The number of Topliss-reactive ketones (excluding diaryl/α,β-unsaturated/α-hetero) is 2. The van der Waals surface area contributed by atoms with Gasteiger partial charge in [-0.05, 0) is 47.7 Å². The third-order valence-corrected chi connectivity index (χ3v) is 7.27. The molecule has 1 aromatic heterocycles. The zero-order valence-corrected chi connectivity index (χ0v) is 23.0. The van der Waals surface area contributed by atoms with Gasteiger partial charge in [0.15, 0.2) is 12.4 Å². The molecule has 10 heteroatoms. The fraction of sp³-hybridized carbons (Fsp3) is 0.357. The van der Waals surface area contributed by atoms with Crippen LogP contribution in [0, 0.1) is 12.8 Å². The summed E-state index contributed by atoms with van der Waals surface area (Å²) in [6.07, 6.45) is 0. The number of aryl methyl sites for hydroxylation is 1. The van der Waals surface area contributed by atoms with Crippen molar-refractivity contribution in [2.24, 2.45) is 5.92 Å². The number of hydrogen-bond acceptors (Lipinski definition) is 8. The summed E-state index contributed by atoms with van der Waals surface area (Å²) >= 11 is 1.19. The summed E-state index contributed by atoms with van der Waals surface area (Å²) < 4.78 is 5.49. The molecular formula is C28H30N4O5S. The molecule has 2 aromatic carbocycles. The lowest BCUT2D eigenvalue weighted by atomic mass is 9.83. The average molecular weight is 535 g/mol. The van der Waals surface area contributed by atoms with Crippen molar-refractivity contribution in [2.45, 2.75) is 39.2 Å². The van der Waals surface area contributed by atoms with Crippen LogP contribution in [-0.4, -0.2) is 59.2 Å². The molecule has 198 valence electrons. The van der Waals surface area contributed by atoms with E-state index in [0.717, 1.165) is 5.56 Å². The number of carbonyl (C=O) groups excluding carboxylic acids is 4. The summed E-state index contributed by atoms with van der Waals surface area (Å²) in [5, 5.41) is 9.03. The van der Waals surface area contributed by atoms with Gasteiger partial charge in [-0.2, -0.15) is 0 Å². The maximum absolute atomic E-state index is 13.7. The van der Waals surface area contributed by atoms with Gasteiger partial charge in [0.2, 0.25) is 10.9 Å². The van der Waals surface area contributed by atoms with Crippen molar-refractivity contribution in [3.63, 3.8) is 0 Å². The van der Waals surface area contributed by atoms with Crippen LogP contribution in [0.1, 0.15) is 53.3 Å². The standard InChI is InChI=1S/C28H30N4O5S/c1-16-29-30-27(38-16)32-23(17-7-11-19(12-8-17)28(2,3)4)22(25(35)26(32)36)24(34)18-9-13-20(14-10-18)37-15-21(33)31(5)6/h7-14,22-23H,15H2,1-6H3. The lowest BCUT2D eigenvalue weighted by molar-refractivity contribution is -0.135. The molecule has 0 bridgehead atoms. The van der Waals surface area contributed by atoms with E-state index >= 15 is 0 Å². The normalized spacial score (nSPS) is 17.6. The van der Waals surface area contributed by atoms with Gasteiger partial charge < -0.3 is 9.64 Å². The quantitative estimate of drug-likeness (QED) is 0.258. The van der Waals surface area contributed by atoms with Crippen LogP contribution < -0.4 is 9.64 Å². The van der Waals surface area contributed by atoms with Gasteiger partial charge in [-0.25, -0.2) is 0 Å². The number of aromatic nitrogens is 2. The van der Waals surface area contributed by atoms with E-state index in [1.54, 1.807) is 33.2 Å². The van der Waals surface area contributed by atoms with Crippen molar-refractivity contribution in [1.82, 2.24) is 15.1 Å². The number of nitrogens with zero attached hydrogens (tertiary/aromatic N) is 4. The summed E-state index contributed by atoms with van der Waals surface area (Å²) in [7, 11) is 3.26. The molecule has 9 nitrogen and oxygen atoms in total. The Balaban J connectivity index is 1.69. The smallest absolute Gasteiger partial charge is 0.297 e. The first kappa shape index (κ1) is 27.1. The Labute approximate surface area is 225 Å². The number of likely N-dealkylation sites (N-methyl/N-ethyl adjacent to an activating group) is 1. The van der Waals surface area contributed by atoms with Crippen LogP contribution in [0.5, 0.6) is 5.75 Å². The highest BCUT2D eigenvalue weighted by molar-refractivity contribution is 7.15. The molecule has 3 aromatic rings. The van der Waals surface area contributed by atoms with Crippen molar-refractivity contribution in [2.75, 3.05) is 25.6 Å². The molecule has 1 fully saturated rings. The molecule has 1 aliphatic heterocycles. The Morgan fingerprint density at radius 1 is 1.00 bits per heavy atom. The van der Waals surface area contributed by atoms with Crippen LogP contribution in [0.25, 0.3) is 0 Å². The van der Waals surface area contributed by atoms with E-state index in [1.165, 1.54) is 33.3 Å². The Bertz CT molecular complexity index is 1370. The van der Waals surface area contributed by atoms with Crippen LogP contribution in [0.15, 0.2) is 48.5 Å². The van der Waals surface area contributed by atoms with E-state index in [0.29, 0.717) is 16.3 Å². The molecule has 2 unspecified atom stereocenters. The van der Waals surface area contributed by atoms with Crippen LogP contribution >= 0.6 is 11.3 Å². The molecule has 1 saturated heterocycles. The minimum atomic E-state index is -1.26. The first-order valence-corrected chi connectivity index (χ1v) is 13.0. The van der Waals surface area contributed by atoms with E-state index in [-0.39, 0.29) is 28.6 Å². The van der Waals surface area contributed by atoms with Crippen molar-refractivity contribution >= 4 is 39.8 Å². The Morgan fingerprint density at radius 3 is 2.16 bits per heavy atom. The number of ether oxygens (including phenoxy) is 1. The van der Waals surface area contributed by atoms with Crippen molar-refractivity contribution < 1.29 is 23.9 Å². The lowest BCUT2D eigenvalue weighted by Gasteiger charge is -2.26. The van der Waals surface area contributed by atoms with Gasteiger partial charge in [-0.1, -0.05) is 56.4 Å². The number of anilines is 1. The monoisotopic (exact) mass is 534 g/mol. The first-order chi connectivity index (χ1) is 17.9. The van der Waals surface area contributed by atoms with Crippen molar-refractivity contribution in [3.05, 3.63) is 70.2 Å². The van der Waals surface area contributed by atoms with Crippen LogP contribution in [0.2, 0.25) is 0 Å². The predicted molar refractivity (Wildman–Crippen MR) is 143 cm³/mol. The molecular weight excluding hydrogens is 504 g/mol. The molecule has 0 N–H and O–H groups in total. The fourth-order valence-electron chi connectivity index (χ4n) is 4.21. The van der Waals surface area contributed by atoms with Crippen LogP contribution in [0.4, 0.5) is 5.13 Å². The molecule has 0 saturated carbocycles. The summed E-state index contributed by atoms with van der Waals surface area (Å²) in [5.41, 5.74) is 1.91. The number of carbonyl (C=O) groups is 4. The van der Waals surface area contributed by atoms with E-state index in [2.05, 4.69) is 31.0 Å². The maximum atomic E-state index is 13.7. The Kier molecular flexibility index (Phi) is 7.46. The Morgan fingerprint density at radius 2 is 1.63 bits per heavy atom. The molecule has 2 amide bonds. The third kappa shape index (κ3) is 5.35. The zero-order valence-electron chi connectivity index (χ0n) is 22.2. The van der Waals surface area contributed by atoms with E-state index < -0.39 is 29.4 Å². The van der Waals surface area contributed by atoms with Crippen LogP contribution in [0.3, 0.4) is 0 Å². The highest BCUT2D eigenvalue weighted by atomic mass is 32.1. The van der Waals surface area contributed by atoms with Gasteiger partial charge >= 0.3 is 0 Å². The van der Waals surface area contributed by atoms with Crippen molar-refractivity contribution in [1.29, 1.82) is 0 Å². The largest absolute Gasteiger partial charge is 0.484 e. The number of hydrogen-bond donors (Lipinski definition) is 0. The molecule has 0 aliphatic carbocycles. The van der Waals surface area contributed by atoms with Gasteiger partial charge in [0.05, 0.1) is 6.04 Å². The van der Waals surface area contributed by atoms with Crippen LogP contribution in [-0.2, 0) is 19.8 Å². The first-order valence-electron chi connectivity index (χ1n) is 12.1. The lowest BCUT2D eigenvalue weighted by Crippen LogP contribution is -2.30. The molecule has 4 rings (SSSR count). The second-order valence-electron chi connectivity index (χ2n) is 10.4. The van der Waals surface area contributed by atoms with E-state index in [9.17, 15) is 19.2 Å². The summed E-state index contributed by atoms with van der Waals surface area (Å²) in [6.45, 7) is 7.90. The number of rotatable bonds is 7. The Hall–Kier alpha value is -3.92. The van der Waals surface area contributed by atoms with Gasteiger partial charge in [-0.3, -0.25) is 24.1 Å². The molecule has 1 aliphatic rings. The van der Waals surface area contributed by atoms with E-state index in [4.69, 9.17) is 4.74 Å². The molecule has 38 heavy (non-hydrogen) atoms. The number of benzene rings is 2. The maximum Gasteiger partial charge on any atom is 0.297 e. The zero-order chi connectivity index (χ0) is 27.8. The van der Waals surface area contributed by atoms with Gasteiger partial charge in [0, 0.05) is 19.7 Å². The van der Waals surface area contributed by atoms with Gasteiger partial charge in [0.25, 0.3) is 11.8 Å². The second kappa shape index (κ2) is 10.4. The number of amides is 2. The topological polar surface area (TPSA) is 110 Å². The summed E-state index contributed by atoms with van der Waals surface area (Å²) in [4.78, 5) is 54.8. The minimum Gasteiger partial charge on any atom is -0.484 e. The second-order valence-corrected chi connectivity index (χ2v) is 11.6. The SMILES string of the molecule is Cc1nnc(N2C(=O)C(=O)C(C(=O)c3ccc(OCC(=O)N(C)C)cc3)C2c2ccc(C(C)(C)C)cc2)s1. The van der Waals surface area contributed by atoms with Gasteiger partial charge in [0.1, 0.15) is 16.7 Å². The number of ketones is 2. The van der Waals surface area contributed by atoms with E-state index in [1.807, 2.05) is 24.3 Å². The average Bonchev–Trinajstić information content (AvgIpc) is 3.42. The fourth-order valence-corrected chi connectivity index (χ4v) is 4.94. The molecule has 2 heterocycles. The molecule has 0 spiro atoms. The summed E-state index contributed by atoms with van der Waals surface area (Å²) in [6, 6.07) is 13.0. The molecule has 2 atom stereocenters.